The van der Waals surface area contributed by atoms with Crippen molar-refractivity contribution in [2.24, 2.45) is 5.41 Å². The Bertz CT molecular complexity index is 287. The summed E-state index contributed by atoms with van der Waals surface area (Å²) in [6.45, 7) is 15.5. The van der Waals surface area contributed by atoms with E-state index in [4.69, 9.17) is 0 Å². The van der Waals surface area contributed by atoms with Gasteiger partial charge in [-0.05, 0) is 31.6 Å². The first-order valence-corrected chi connectivity index (χ1v) is 9.57. The van der Waals surface area contributed by atoms with E-state index in [2.05, 4.69) is 53.4 Å². The Kier molecular flexibility index (Phi) is 10.8. The second-order valence-corrected chi connectivity index (χ2v) is 8.11. The molecule has 0 aromatic rings. The molecule has 0 bridgehead atoms. The van der Waals surface area contributed by atoms with Gasteiger partial charge in [-0.3, -0.25) is 4.79 Å². The fourth-order valence-electron chi connectivity index (χ4n) is 3.27. The van der Waals surface area contributed by atoms with Crippen LogP contribution in [0.2, 0.25) is 0 Å². The molecule has 2 heteroatoms. The Balaban J connectivity index is 5.04. The van der Waals surface area contributed by atoms with Crippen molar-refractivity contribution < 1.29 is 4.79 Å². The van der Waals surface area contributed by atoms with E-state index < -0.39 is 0 Å². The summed E-state index contributed by atoms with van der Waals surface area (Å²) in [6.07, 6.45) is 10.2. The van der Waals surface area contributed by atoms with E-state index >= 15 is 0 Å². The monoisotopic (exact) mass is 311 g/mol. The third-order valence-electron chi connectivity index (χ3n) is 4.31. The van der Waals surface area contributed by atoms with E-state index in [1.807, 2.05) is 0 Å². The Labute approximate surface area is 140 Å². The molecule has 0 radical (unpaired) electrons. The number of hydrogen-bond donors (Lipinski definition) is 0. The molecule has 0 saturated carbocycles. The van der Waals surface area contributed by atoms with Gasteiger partial charge in [-0.1, -0.05) is 73.6 Å². The summed E-state index contributed by atoms with van der Waals surface area (Å²) in [7, 11) is 0. The number of carbonyl (C=O) groups excluding carboxylic acids is 1. The standard InChI is InChI=1S/C20H41NO/c1-8-11-12-15-17(4)21(18(13-9-2)14-10-3)19(22)16-20(5,6)7/h17-18H,8-16H2,1-7H3. The lowest BCUT2D eigenvalue weighted by molar-refractivity contribution is -0.138. The van der Waals surface area contributed by atoms with E-state index in [9.17, 15) is 4.79 Å². The van der Waals surface area contributed by atoms with Crippen LogP contribution in [0.1, 0.15) is 106 Å². The van der Waals surface area contributed by atoms with Crippen molar-refractivity contribution in [1.29, 1.82) is 0 Å². The van der Waals surface area contributed by atoms with Gasteiger partial charge in [0, 0.05) is 18.5 Å². The molecular weight excluding hydrogens is 270 g/mol. The van der Waals surface area contributed by atoms with Crippen LogP contribution in [0, 0.1) is 5.41 Å². The van der Waals surface area contributed by atoms with Gasteiger partial charge < -0.3 is 4.90 Å². The maximum atomic E-state index is 13.0. The fourth-order valence-corrected chi connectivity index (χ4v) is 3.27. The predicted molar refractivity (Wildman–Crippen MR) is 98.1 cm³/mol. The minimum absolute atomic E-state index is 0.0709. The lowest BCUT2D eigenvalue weighted by atomic mass is 9.90. The Morgan fingerprint density at radius 1 is 0.909 bits per heavy atom. The maximum Gasteiger partial charge on any atom is 0.223 e. The summed E-state index contributed by atoms with van der Waals surface area (Å²) >= 11 is 0. The Morgan fingerprint density at radius 3 is 1.86 bits per heavy atom. The molecule has 1 amide bonds. The molecule has 0 spiro atoms. The maximum absolute atomic E-state index is 13.0. The largest absolute Gasteiger partial charge is 0.337 e. The van der Waals surface area contributed by atoms with Crippen LogP contribution < -0.4 is 0 Å². The highest BCUT2D eigenvalue weighted by Crippen LogP contribution is 2.26. The molecule has 0 aromatic heterocycles. The van der Waals surface area contributed by atoms with Crippen LogP contribution in [0.25, 0.3) is 0 Å². The predicted octanol–water partition coefficient (Wildman–Crippen LogP) is 6.19. The summed E-state index contributed by atoms with van der Waals surface area (Å²) in [5.41, 5.74) is 0.0709. The van der Waals surface area contributed by atoms with Gasteiger partial charge in [-0.15, -0.1) is 0 Å². The van der Waals surface area contributed by atoms with E-state index in [0.29, 0.717) is 24.4 Å². The molecule has 1 unspecified atom stereocenters. The van der Waals surface area contributed by atoms with Crippen molar-refractivity contribution in [3.8, 4) is 0 Å². The number of nitrogens with zero attached hydrogens (tertiary/aromatic N) is 1. The van der Waals surface area contributed by atoms with Gasteiger partial charge in [-0.2, -0.15) is 0 Å². The van der Waals surface area contributed by atoms with Crippen molar-refractivity contribution in [3.05, 3.63) is 0 Å². The van der Waals surface area contributed by atoms with E-state index in [0.717, 1.165) is 32.1 Å². The molecule has 0 aliphatic rings. The van der Waals surface area contributed by atoms with Crippen LogP contribution in [0.4, 0.5) is 0 Å². The zero-order chi connectivity index (χ0) is 17.2. The highest BCUT2D eigenvalue weighted by molar-refractivity contribution is 5.77. The van der Waals surface area contributed by atoms with Gasteiger partial charge in [0.25, 0.3) is 0 Å². The molecule has 0 aliphatic carbocycles. The van der Waals surface area contributed by atoms with Gasteiger partial charge in [0.1, 0.15) is 0 Å². The van der Waals surface area contributed by atoms with Crippen LogP contribution in [0.15, 0.2) is 0 Å². The third kappa shape index (κ3) is 8.80. The zero-order valence-corrected chi connectivity index (χ0v) is 16.4. The summed E-state index contributed by atoms with van der Waals surface area (Å²) in [5.74, 6) is 0.364. The highest BCUT2D eigenvalue weighted by atomic mass is 16.2. The zero-order valence-electron chi connectivity index (χ0n) is 16.4. The SMILES string of the molecule is CCCCCC(C)N(C(=O)CC(C)(C)C)C(CCC)CCC. The first kappa shape index (κ1) is 21.5. The van der Waals surface area contributed by atoms with Crippen molar-refractivity contribution in [2.75, 3.05) is 0 Å². The fraction of sp³-hybridized carbons (Fsp3) is 0.950. The molecule has 0 saturated heterocycles. The molecule has 22 heavy (non-hydrogen) atoms. The second kappa shape index (κ2) is 11.1. The van der Waals surface area contributed by atoms with Crippen molar-refractivity contribution in [1.82, 2.24) is 4.90 Å². The smallest absolute Gasteiger partial charge is 0.223 e. The van der Waals surface area contributed by atoms with Crippen LogP contribution in [0.5, 0.6) is 0 Å². The Morgan fingerprint density at radius 2 is 1.45 bits per heavy atom. The lowest BCUT2D eigenvalue weighted by Gasteiger charge is -2.38. The number of unbranched alkanes of at least 4 members (excludes halogenated alkanes) is 2. The Hall–Kier alpha value is -0.530. The lowest BCUT2D eigenvalue weighted by Crippen LogP contribution is -2.47. The van der Waals surface area contributed by atoms with Gasteiger partial charge in [-0.25, -0.2) is 0 Å². The number of amides is 1. The average molecular weight is 312 g/mol. The molecule has 0 aromatic carbocycles. The number of carbonyl (C=O) groups is 1. The molecule has 0 aliphatic heterocycles. The topological polar surface area (TPSA) is 20.3 Å². The summed E-state index contributed by atoms with van der Waals surface area (Å²) in [4.78, 5) is 15.2. The highest BCUT2D eigenvalue weighted by Gasteiger charge is 2.29. The first-order chi connectivity index (χ1) is 10.3. The molecule has 132 valence electrons. The van der Waals surface area contributed by atoms with Crippen LogP contribution in [0.3, 0.4) is 0 Å². The molecule has 0 heterocycles. The normalized spacial score (nSPS) is 13.5. The molecule has 0 N–H and O–H groups in total. The summed E-state index contributed by atoms with van der Waals surface area (Å²) in [5, 5.41) is 0. The summed E-state index contributed by atoms with van der Waals surface area (Å²) in [6, 6.07) is 0.811. The van der Waals surface area contributed by atoms with Gasteiger partial charge in [0.05, 0.1) is 0 Å². The molecule has 1 atom stereocenters. The molecule has 0 rings (SSSR count). The first-order valence-electron chi connectivity index (χ1n) is 9.57. The quantitative estimate of drug-likeness (QED) is 0.417. The summed E-state index contributed by atoms with van der Waals surface area (Å²) < 4.78 is 0. The van der Waals surface area contributed by atoms with E-state index in [1.54, 1.807) is 0 Å². The van der Waals surface area contributed by atoms with Gasteiger partial charge in [0.2, 0.25) is 5.91 Å². The number of hydrogen-bond acceptors (Lipinski definition) is 1. The molecular formula is C20H41NO. The van der Waals surface area contributed by atoms with E-state index in [1.165, 1.54) is 19.3 Å². The molecule has 2 nitrogen and oxygen atoms in total. The van der Waals surface area contributed by atoms with Crippen molar-refractivity contribution >= 4 is 5.91 Å². The van der Waals surface area contributed by atoms with Crippen molar-refractivity contribution in [3.63, 3.8) is 0 Å². The average Bonchev–Trinajstić information content (AvgIpc) is 2.37. The van der Waals surface area contributed by atoms with E-state index in [-0.39, 0.29) is 5.41 Å². The van der Waals surface area contributed by atoms with Gasteiger partial charge >= 0.3 is 0 Å². The minimum atomic E-state index is 0.0709. The van der Waals surface area contributed by atoms with Crippen LogP contribution in [-0.4, -0.2) is 22.9 Å². The van der Waals surface area contributed by atoms with Crippen LogP contribution in [-0.2, 0) is 4.79 Å². The minimum Gasteiger partial charge on any atom is -0.337 e. The van der Waals surface area contributed by atoms with Crippen LogP contribution >= 0.6 is 0 Å². The third-order valence-corrected chi connectivity index (χ3v) is 4.31. The van der Waals surface area contributed by atoms with Gasteiger partial charge in [0.15, 0.2) is 0 Å². The number of rotatable bonds is 11. The molecule has 0 fully saturated rings. The van der Waals surface area contributed by atoms with Crippen molar-refractivity contribution in [2.45, 2.75) is 118 Å². The second-order valence-electron chi connectivity index (χ2n) is 8.11.